The number of nitrogens with zero attached hydrogens (tertiary/aromatic N) is 4. The largest absolute Gasteiger partial charge is 0.313 e. The van der Waals surface area contributed by atoms with E-state index in [2.05, 4.69) is 27.3 Å². The van der Waals surface area contributed by atoms with Crippen molar-refractivity contribution in [3.8, 4) is 0 Å². The quantitative estimate of drug-likeness (QED) is 0.648. The minimum absolute atomic E-state index is 0.752. The third kappa shape index (κ3) is 4.04. The Bertz CT molecular complexity index is 520. The molecule has 2 aromatic rings. The molecule has 5 nitrogen and oxygen atoms in total. The van der Waals surface area contributed by atoms with Crippen molar-refractivity contribution in [3.05, 3.63) is 29.7 Å². The van der Waals surface area contributed by atoms with Gasteiger partial charge in [-0.3, -0.25) is 4.68 Å². The number of hydrogen-bond acceptors (Lipinski definition) is 5. The first-order valence-electron chi connectivity index (χ1n) is 6.39. The van der Waals surface area contributed by atoms with Crippen LogP contribution < -0.4 is 5.32 Å². The molecule has 0 spiro atoms. The summed E-state index contributed by atoms with van der Waals surface area (Å²) in [6.07, 6.45) is 4.89. The summed E-state index contributed by atoms with van der Waals surface area (Å²) in [5, 5.41) is 9.44. The topological polar surface area (TPSA) is 55.6 Å². The van der Waals surface area contributed by atoms with Crippen LogP contribution in [0.2, 0.25) is 0 Å². The molecule has 19 heavy (non-hydrogen) atoms. The minimum Gasteiger partial charge on any atom is -0.313 e. The van der Waals surface area contributed by atoms with Crippen LogP contribution in [-0.2, 0) is 13.6 Å². The molecule has 2 heterocycles. The van der Waals surface area contributed by atoms with Crippen LogP contribution in [0.5, 0.6) is 0 Å². The number of nitrogens with one attached hydrogen (secondary N) is 1. The van der Waals surface area contributed by atoms with E-state index in [-0.39, 0.29) is 0 Å². The van der Waals surface area contributed by atoms with Crippen molar-refractivity contribution in [2.45, 2.75) is 37.0 Å². The third-order valence-electron chi connectivity index (χ3n) is 2.59. The summed E-state index contributed by atoms with van der Waals surface area (Å²) < 4.78 is 1.85. The highest BCUT2D eigenvalue weighted by molar-refractivity contribution is 7.99. The zero-order valence-corrected chi connectivity index (χ0v) is 12.4. The predicted octanol–water partition coefficient (Wildman–Crippen LogP) is 2.17. The van der Waals surface area contributed by atoms with E-state index in [1.807, 2.05) is 37.1 Å². The van der Waals surface area contributed by atoms with E-state index < -0.39 is 0 Å². The molecule has 0 saturated heterocycles. The second kappa shape index (κ2) is 6.68. The van der Waals surface area contributed by atoms with Gasteiger partial charge in [-0.1, -0.05) is 6.92 Å². The Morgan fingerprint density at radius 3 is 2.63 bits per heavy atom. The van der Waals surface area contributed by atoms with E-state index in [1.54, 1.807) is 0 Å². The zero-order chi connectivity index (χ0) is 13.7. The van der Waals surface area contributed by atoms with Crippen molar-refractivity contribution < 1.29 is 0 Å². The summed E-state index contributed by atoms with van der Waals surface area (Å²) in [6.45, 7) is 5.97. The van der Waals surface area contributed by atoms with Gasteiger partial charge in [0.1, 0.15) is 5.03 Å². The molecule has 0 radical (unpaired) electrons. The fourth-order valence-corrected chi connectivity index (χ4v) is 2.47. The number of rotatable bonds is 6. The van der Waals surface area contributed by atoms with Gasteiger partial charge in [-0.15, -0.1) is 0 Å². The first-order valence-corrected chi connectivity index (χ1v) is 7.21. The lowest BCUT2D eigenvalue weighted by atomic mass is 10.3. The first-order chi connectivity index (χ1) is 9.19. The van der Waals surface area contributed by atoms with Crippen molar-refractivity contribution in [2.24, 2.45) is 7.05 Å². The standard InChI is InChI=1S/C13H19N5S/c1-4-5-14-7-11-8-15-13(16-9-11)19-12-6-10(2)17-18(12)3/h6,8-9,14H,4-5,7H2,1-3H3. The summed E-state index contributed by atoms with van der Waals surface area (Å²) in [6, 6.07) is 2.03. The fraction of sp³-hybridized carbons (Fsp3) is 0.462. The molecule has 0 unspecified atom stereocenters. The van der Waals surface area contributed by atoms with Gasteiger partial charge in [-0.2, -0.15) is 5.10 Å². The van der Waals surface area contributed by atoms with Crippen molar-refractivity contribution in [2.75, 3.05) is 6.54 Å². The van der Waals surface area contributed by atoms with Gasteiger partial charge in [0.05, 0.1) is 5.69 Å². The summed E-state index contributed by atoms with van der Waals surface area (Å²) in [4.78, 5) is 8.75. The number of aromatic nitrogens is 4. The summed E-state index contributed by atoms with van der Waals surface area (Å²) in [5.74, 6) is 0. The Hall–Kier alpha value is -1.40. The Morgan fingerprint density at radius 2 is 2.05 bits per heavy atom. The lowest BCUT2D eigenvalue weighted by molar-refractivity contribution is 0.668. The van der Waals surface area contributed by atoms with E-state index in [9.17, 15) is 0 Å². The molecule has 102 valence electrons. The normalized spacial score (nSPS) is 10.9. The predicted molar refractivity (Wildman–Crippen MR) is 76.1 cm³/mol. The van der Waals surface area contributed by atoms with Crippen molar-refractivity contribution in [1.29, 1.82) is 0 Å². The highest BCUT2D eigenvalue weighted by Gasteiger charge is 2.06. The van der Waals surface area contributed by atoms with Gasteiger partial charge in [0, 0.05) is 31.5 Å². The van der Waals surface area contributed by atoms with Gasteiger partial charge in [0.25, 0.3) is 0 Å². The average molecular weight is 277 g/mol. The van der Waals surface area contributed by atoms with E-state index >= 15 is 0 Å². The Kier molecular flexibility index (Phi) is 4.93. The highest BCUT2D eigenvalue weighted by Crippen LogP contribution is 2.24. The van der Waals surface area contributed by atoms with Crippen LogP contribution in [0.25, 0.3) is 0 Å². The van der Waals surface area contributed by atoms with Crippen LogP contribution in [0.3, 0.4) is 0 Å². The smallest absolute Gasteiger partial charge is 0.193 e. The van der Waals surface area contributed by atoms with E-state index in [4.69, 9.17) is 0 Å². The highest BCUT2D eigenvalue weighted by atomic mass is 32.2. The molecular formula is C13H19N5S. The van der Waals surface area contributed by atoms with Crippen molar-refractivity contribution in [1.82, 2.24) is 25.1 Å². The second-order valence-electron chi connectivity index (χ2n) is 4.40. The van der Waals surface area contributed by atoms with Crippen LogP contribution >= 0.6 is 11.8 Å². The second-order valence-corrected chi connectivity index (χ2v) is 5.39. The lowest BCUT2D eigenvalue weighted by Crippen LogP contribution is -2.14. The molecule has 2 rings (SSSR count). The fourth-order valence-electron chi connectivity index (χ4n) is 1.67. The van der Waals surface area contributed by atoms with E-state index in [0.717, 1.165) is 41.0 Å². The molecule has 0 aromatic carbocycles. The molecule has 0 aliphatic rings. The molecule has 1 N–H and O–H groups in total. The van der Waals surface area contributed by atoms with Crippen LogP contribution in [0, 0.1) is 6.92 Å². The Labute approximate surface area is 117 Å². The van der Waals surface area contributed by atoms with Gasteiger partial charge in [-0.05, 0) is 37.7 Å². The van der Waals surface area contributed by atoms with Crippen molar-refractivity contribution >= 4 is 11.8 Å². The SMILES string of the molecule is CCCNCc1cnc(Sc2cc(C)nn2C)nc1. The molecule has 2 aromatic heterocycles. The maximum absolute atomic E-state index is 4.37. The number of hydrogen-bond donors (Lipinski definition) is 1. The molecule has 0 fully saturated rings. The molecular weight excluding hydrogens is 258 g/mol. The third-order valence-corrected chi connectivity index (χ3v) is 3.58. The maximum atomic E-state index is 4.37. The molecule has 0 aliphatic carbocycles. The number of aryl methyl sites for hydroxylation is 2. The monoisotopic (exact) mass is 277 g/mol. The minimum atomic E-state index is 0.752. The molecule has 6 heteroatoms. The Balaban J connectivity index is 1.96. The first kappa shape index (κ1) is 14.0. The van der Waals surface area contributed by atoms with Crippen LogP contribution in [0.15, 0.2) is 28.6 Å². The molecule has 0 aliphatic heterocycles. The van der Waals surface area contributed by atoms with Gasteiger partial charge in [0.2, 0.25) is 0 Å². The van der Waals surface area contributed by atoms with E-state index in [1.165, 1.54) is 11.8 Å². The Morgan fingerprint density at radius 1 is 1.32 bits per heavy atom. The lowest BCUT2D eigenvalue weighted by Gasteiger charge is -2.04. The van der Waals surface area contributed by atoms with Crippen LogP contribution in [0.1, 0.15) is 24.6 Å². The van der Waals surface area contributed by atoms with Gasteiger partial charge >= 0.3 is 0 Å². The van der Waals surface area contributed by atoms with Gasteiger partial charge < -0.3 is 5.32 Å². The van der Waals surface area contributed by atoms with Gasteiger partial charge in [-0.25, -0.2) is 9.97 Å². The average Bonchev–Trinajstić information content (AvgIpc) is 2.70. The molecule has 0 bridgehead atoms. The van der Waals surface area contributed by atoms with Gasteiger partial charge in [0.15, 0.2) is 5.16 Å². The maximum Gasteiger partial charge on any atom is 0.193 e. The molecule has 0 atom stereocenters. The van der Waals surface area contributed by atoms with Crippen LogP contribution in [0.4, 0.5) is 0 Å². The zero-order valence-electron chi connectivity index (χ0n) is 11.6. The molecule has 0 amide bonds. The summed E-state index contributed by atoms with van der Waals surface area (Å²) >= 11 is 1.53. The summed E-state index contributed by atoms with van der Waals surface area (Å²) in [7, 11) is 1.93. The molecule has 0 saturated carbocycles. The van der Waals surface area contributed by atoms with Crippen molar-refractivity contribution in [3.63, 3.8) is 0 Å². The summed E-state index contributed by atoms with van der Waals surface area (Å²) in [5.41, 5.74) is 2.12. The van der Waals surface area contributed by atoms with Crippen LogP contribution in [-0.4, -0.2) is 26.3 Å². The van der Waals surface area contributed by atoms with E-state index in [0.29, 0.717) is 0 Å².